The molecule has 0 aliphatic carbocycles. The average molecular weight is 289 g/mol. The minimum atomic E-state index is -3.45. The third kappa shape index (κ3) is 2.75. The Morgan fingerprint density at radius 3 is 2.75 bits per heavy atom. The van der Waals surface area contributed by atoms with E-state index in [4.69, 9.17) is 0 Å². The fourth-order valence-electron chi connectivity index (χ4n) is 2.29. The zero-order valence-electron chi connectivity index (χ0n) is 10.9. The Balaban J connectivity index is 1.72. The Morgan fingerprint density at radius 1 is 1.15 bits per heavy atom. The summed E-state index contributed by atoms with van der Waals surface area (Å²) in [7, 11) is -3.45. The summed E-state index contributed by atoms with van der Waals surface area (Å²) < 4.78 is 26.0. The second-order valence-electron chi connectivity index (χ2n) is 4.73. The molecule has 0 bridgehead atoms. The third-order valence-electron chi connectivity index (χ3n) is 3.23. The Bertz CT molecular complexity index is 733. The van der Waals surface area contributed by atoms with E-state index in [-0.39, 0.29) is 5.75 Å². The summed E-state index contributed by atoms with van der Waals surface area (Å²) in [4.78, 5) is 2.33. The number of rotatable bonds is 4. The van der Waals surface area contributed by atoms with Gasteiger partial charge in [0.1, 0.15) is 0 Å². The normalized spacial score (nSPS) is 16.3. The predicted octanol–water partition coefficient (Wildman–Crippen LogP) is 1.72. The molecule has 2 heterocycles. The van der Waals surface area contributed by atoms with E-state index in [0.29, 0.717) is 0 Å². The Kier molecular flexibility index (Phi) is 3.31. The first-order chi connectivity index (χ1) is 9.64. The van der Waals surface area contributed by atoms with Gasteiger partial charge in [-0.05, 0) is 17.7 Å². The topological polar surface area (TPSA) is 63.5 Å². The van der Waals surface area contributed by atoms with Crippen molar-refractivity contribution < 1.29 is 8.42 Å². The molecule has 1 N–H and O–H groups in total. The van der Waals surface area contributed by atoms with Crippen molar-refractivity contribution >= 4 is 15.7 Å². The maximum absolute atomic E-state index is 12.0. The molecule has 0 amide bonds. The summed E-state index contributed by atoms with van der Waals surface area (Å²) >= 11 is 0. The number of nitrogens with one attached hydrogen (secondary N) is 1. The Labute approximate surface area is 118 Å². The van der Waals surface area contributed by atoms with Crippen LogP contribution in [0.5, 0.6) is 0 Å². The lowest BCUT2D eigenvalue weighted by molar-refractivity contribution is 0.583. The van der Waals surface area contributed by atoms with Crippen LogP contribution in [0, 0.1) is 0 Å². The first-order valence-electron chi connectivity index (χ1n) is 6.39. The first-order valence-corrected chi connectivity index (χ1v) is 8.05. The highest BCUT2D eigenvalue weighted by molar-refractivity contribution is 7.88. The zero-order chi connectivity index (χ0) is 14.0. The third-order valence-corrected chi connectivity index (χ3v) is 4.32. The molecule has 0 fully saturated rings. The van der Waals surface area contributed by atoms with Crippen LogP contribution in [0.3, 0.4) is 0 Å². The standard InChI is InChI=1S/C14H15N3O2S/c18-20(19,11-12-5-2-1-3-6-12)16-15-13-8-10-17-9-4-7-14(13)17/h1-7,9,16H,8,10-11H2. The van der Waals surface area contributed by atoms with Gasteiger partial charge in [-0.25, -0.2) is 13.2 Å². The van der Waals surface area contributed by atoms with Crippen molar-refractivity contribution in [2.24, 2.45) is 5.10 Å². The highest BCUT2D eigenvalue weighted by Gasteiger charge is 2.18. The number of benzene rings is 1. The van der Waals surface area contributed by atoms with Crippen LogP contribution in [0.4, 0.5) is 0 Å². The summed E-state index contributed by atoms with van der Waals surface area (Å²) in [5, 5.41) is 4.06. The largest absolute Gasteiger partial charge is 0.346 e. The van der Waals surface area contributed by atoms with E-state index in [9.17, 15) is 8.42 Å². The molecule has 1 aromatic carbocycles. The predicted molar refractivity (Wildman–Crippen MR) is 77.8 cm³/mol. The van der Waals surface area contributed by atoms with Gasteiger partial charge in [0.25, 0.3) is 10.0 Å². The number of fused-ring (bicyclic) bond motifs is 1. The second kappa shape index (κ2) is 5.13. The second-order valence-corrected chi connectivity index (χ2v) is 6.43. The lowest BCUT2D eigenvalue weighted by Crippen LogP contribution is -2.21. The number of nitrogens with zero attached hydrogens (tertiary/aromatic N) is 2. The quantitative estimate of drug-likeness (QED) is 0.871. The van der Waals surface area contributed by atoms with Crippen LogP contribution < -0.4 is 4.83 Å². The molecule has 0 atom stereocenters. The Morgan fingerprint density at radius 2 is 1.95 bits per heavy atom. The van der Waals surface area contributed by atoms with E-state index < -0.39 is 10.0 Å². The zero-order valence-corrected chi connectivity index (χ0v) is 11.7. The smallest absolute Gasteiger partial charge is 0.251 e. The van der Waals surface area contributed by atoms with E-state index in [1.165, 1.54) is 0 Å². The highest BCUT2D eigenvalue weighted by atomic mass is 32.2. The van der Waals surface area contributed by atoms with Crippen molar-refractivity contribution in [3.05, 3.63) is 59.9 Å². The van der Waals surface area contributed by atoms with Crippen LogP contribution >= 0.6 is 0 Å². The molecule has 1 aliphatic heterocycles. The van der Waals surface area contributed by atoms with Gasteiger partial charge < -0.3 is 4.57 Å². The molecule has 0 radical (unpaired) electrons. The number of aryl methyl sites for hydroxylation is 1. The van der Waals surface area contributed by atoms with Gasteiger partial charge >= 0.3 is 0 Å². The number of hydrogen-bond acceptors (Lipinski definition) is 3. The molecule has 20 heavy (non-hydrogen) atoms. The molecule has 1 aromatic heterocycles. The summed E-state index contributed by atoms with van der Waals surface area (Å²) in [6, 6.07) is 12.9. The van der Waals surface area contributed by atoms with Crippen LogP contribution in [-0.2, 0) is 22.3 Å². The molecule has 2 aromatic rings. The molecule has 0 spiro atoms. The van der Waals surface area contributed by atoms with Crippen molar-refractivity contribution in [2.75, 3.05) is 0 Å². The van der Waals surface area contributed by atoms with Crippen LogP contribution in [-0.4, -0.2) is 18.7 Å². The van der Waals surface area contributed by atoms with Crippen LogP contribution in [0.15, 0.2) is 53.8 Å². The average Bonchev–Trinajstić information content (AvgIpc) is 3.00. The van der Waals surface area contributed by atoms with Gasteiger partial charge in [-0.15, -0.1) is 0 Å². The van der Waals surface area contributed by atoms with Crippen molar-refractivity contribution in [3.63, 3.8) is 0 Å². The van der Waals surface area contributed by atoms with E-state index in [1.54, 1.807) is 12.1 Å². The number of hydrogen-bond donors (Lipinski definition) is 1. The summed E-state index contributed by atoms with van der Waals surface area (Å²) in [6.45, 7) is 0.849. The van der Waals surface area contributed by atoms with Gasteiger partial charge in [-0.1, -0.05) is 30.3 Å². The molecule has 1 aliphatic rings. The van der Waals surface area contributed by atoms with Gasteiger partial charge in [-0.3, -0.25) is 0 Å². The lowest BCUT2D eigenvalue weighted by atomic mass is 10.2. The minimum Gasteiger partial charge on any atom is -0.346 e. The molecule has 6 heteroatoms. The Hall–Kier alpha value is -2.08. The van der Waals surface area contributed by atoms with Crippen molar-refractivity contribution in [2.45, 2.75) is 18.7 Å². The van der Waals surface area contributed by atoms with Gasteiger partial charge in [0.05, 0.1) is 17.2 Å². The van der Waals surface area contributed by atoms with Crippen LogP contribution in [0.25, 0.3) is 0 Å². The van der Waals surface area contributed by atoms with Crippen LogP contribution in [0.1, 0.15) is 17.7 Å². The number of hydrazone groups is 1. The highest BCUT2D eigenvalue weighted by Crippen LogP contribution is 2.15. The van der Waals surface area contributed by atoms with E-state index in [1.807, 2.05) is 36.5 Å². The minimum absolute atomic E-state index is 0.0639. The van der Waals surface area contributed by atoms with Crippen molar-refractivity contribution in [3.8, 4) is 0 Å². The lowest BCUT2D eigenvalue weighted by Gasteiger charge is -2.04. The molecule has 0 saturated carbocycles. The summed E-state index contributed by atoms with van der Waals surface area (Å²) in [6.07, 6.45) is 2.72. The first kappa shape index (κ1) is 12.9. The fourth-order valence-corrected chi connectivity index (χ4v) is 3.23. The van der Waals surface area contributed by atoms with Gasteiger partial charge in [0, 0.05) is 19.2 Å². The van der Waals surface area contributed by atoms with E-state index in [0.717, 1.165) is 29.9 Å². The van der Waals surface area contributed by atoms with E-state index in [2.05, 4.69) is 14.5 Å². The molecule has 0 saturated heterocycles. The molecule has 5 nitrogen and oxygen atoms in total. The fraction of sp³-hybridized carbons (Fsp3) is 0.214. The van der Waals surface area contributed by atoms with Gasteiger partial charge in [0.15, 0.2) is 0 Å². The van der Waals surface area contributed by atoms with Crippen molar-refractivity contribution in [1.29, 1.82) is 0 Å². The van der Waals surface area contributed by atoms with Crippen molar-refractivity contribution in [1.82, 2.24) is 9.40 Å². The SMILES string of the molecule is O=S(=O)(Cc1ccccc1)NN=C1CCn2cccc21. The monoisotopic (exact) mass is 289 g/mol. The van der Waals surface area contributed by atoms with Crippen LogP contribution in [0.2, 0.25) is 0 Å². The maximum atomic E-state index is 12.0. The van der Waals surface area contributed by atoms with E-state index >= 15 is 0 Å². The molecule has 0 unspecified atom stereocenters. The molecular weight excluding hydrogens is 274 g/mol. The van der Waals surface area contributed by atoms with Gasteiger partial charge in [-0.2, -0.15) is 5.10 Å². The summed E-state index contributed by atoms with van der Waals surface area (Å²) in [5.74, 6) is -0.0639. The molecule has 104 valence electrons. The molecular formula is C14H15N3O2S. The number of aromatic nitrogens is 1. The number of sulfonamides is 1. The van der Waals surface area contributed by atoms with Gasteiger partial charge in [0.2, 0.25) is 0 Å². The summed E-state index contributed by atoms with van der Waals surface area (Å²) in [5.41, 5.74) is 2.51. The maximum Gasteiger partial charge on any atom is 0.251 e. The molecule has 3 rings (SSSR count).